The predicted molar refractivity (Wildman–Crippen MR) is 75.4 cm³/mol. The number of hydrogen-bond donors (Lipinski definition) is 1. The van der Waals surface area contributed by atoms with Crippen LogP contribution in [0, 0.1) is 0 Å². The van der Waals surface area contributed by atoms with Gasteiger partial charge in [-0.1, -0.05) is 30.3 Å². The maximum atomic E-state index is 5.64. The molecule has 102 valence electrons. The first-order valence-electron chi connectivity index (χ1n) is 6.36. The zero-order valence-electron chi connectivity index (χ0n) is 11.2. The van der Waals surface area contributed by atoms with Gasteiger partial charge in [-0.2, -0.15) is 4.98 Å². The molecule has 2 aromatic heterocycles. The van der Waals surface area contributed by atoms with E-state index in [4.69, 9.17) is 9.47 Å². The summed E-state index contributed by atoms with van der Waals surface area (Å²) in [5.74, 6) is 1.16. The van der Waals surface area contributed by atoms with Gasteiger partial charge in [-0.25, -0.2) is 4.98 Å². The van der Waals surface area contributed by atoms with E-state index in [1.54, 1.807) is 7.11 Å². The van der Waals surface area contributed by atoms with E-state index in [2.05, 4.69) is 15.0 Å². The molecule has 0 saturated heterocycles. The number of ether oxygens (including phenoxy) is 2. The van der Waals surface area contributed by atoms with Crippen molar-refractivity contribution in [1.82, 2.24) is 15.0 Å². The fourth-order valence-corrected chi connectivity index (χ4v) is 2.01. The van der Waals surface area contributed by atoms with Crippen molar-refractivity contribution in [1.29, 1.82) is 0 Å². The second-order valence-electron chi connectivity index (χ2n) is 4.37. The Labute approximate surface area is 116 Å². The molecule has 1 N–H and O–H groups in total. The van der Waals surface area contributed by atoms with Crippen LogP contribution in [0.15, 0.2) is 42.6 Å². The number of benzene rings is 1. The van der Waals surface area contributed by atoms with Crippen LogP contribution in [0.5, 0.6) is 5.88 Å². The molecule has 0 aliphatic heterocycles. The molecule has 0 amide bonds. The Morgan fingerprint density at radius 1 is 1.05 bits per heavy atom. The summed E-state index contributed by atoms with van der Waals surface area (Å²) in [5.41, 5.74) is 2.76. The van der Waals surface area contributed by atoms with Crippen molar-refractivity contribution in [2.75, 3.05) is 7.11 Å². The molecule has 0 spiro atoms. The molecule has 0 aliphatic rings. The SMILES string of the molecule is COc1nc(COCc2ccccc2)nc2cc[nH]c12. The first kappa shape index (κ1) is 12.6. The number of nitrogens with zero attached hydrogens (tertiary/aromatic N) is 2. The fraction of sp³-hybridized carbons (Fsp3) is 0.200. The lowest BCUT2D eigenvalue weighted by Gasteiger charge is -2.06. The van der Waals surface area contributed by atoms with E-state index in [1.165, 1.54) is 0 Å². The van der Waals surface area contributed by atoms with E-state index in [0.717, 1.165) is 16.6 Å². The minimum Gasteiger partial charge on any atom is -0.479 e. The summed E-state index contributed by atoms with van der Waals surface area (Å²) in [7, 11) is 1.59. The van der Waals surface area contributed by atoms with Crippen molar-refractivity contribution >= 4 is 11.0 Å². The van der Waals surface area contributed by atoms with Gasteiger partial charge in [0, 0.05) is 6.20 Å². The average Bonchev–Trinajstić information content (AvgIpc) is 2.96. The highest BCUT2D eigenvalue weighted by Crippen LogP contribution is 2.20. The van der Waals surface area contributed by atoms with Crippen LogP contribution in [0.2, 0.25) is 0 Å². The molecule has 0 saturated carbocycles. The lowest BCUT2D eigenvalue weighted by molar-refractivity contribution is 0.101. The van der Waals surface area contributed by atoms with Gasteiger partial charge in [0.25, 0.3) is 0 Å². The van der Waals surface area contributed by atoms with E-state index >= 15 is 0 Å². The quantitative estimate of drug-likeness (QED) is 0.773. The fourth-order valence-electron chi connectivity index (χ4n) is 2.01. The third-order valence-electron chi connectivity index (χ3n) is 2.96. The van der Waals surface area contributed by atoms with E-state index < -0.39 is 0 Å². The molecule has 0 fully saturated rings. The molecular weight excluding hydrogens is 254 g/mol. The molecule has 0 atom stereocenters. The summed E-state index contributed by atoms with van der Waals surface area (Å²) in [6.45, 7) is 0.893. The maximum Gasteiger partial charge on any atom is 0.241 e. The summed E-state index contributed by atoms with van der Waals surface area (Å²) < 4.78 is 10.9. The van der Waals surface area contributed by atoms with Crippen LogP contribution < -0.4 is 4.74 Å². The van der Waals surface area contributed by atoms with Crippen molar-refractivity contribution in [2.24, 2.45) is 0 Å². The first-order valence-corrected chi connectivity index (χ1v) is 6.36. The molecule has 0 aliphatic carbocycles. The van der Waals surface area contributed by atoms with Crippen LogP contribution in [-0.2, 0) is 18.0 Å². The Morgan fingerprint density at radius 2 is 1.90 bits per heavy atom. The smallest absolute Gasteiger partial charge is 0.241 e. The van der Waals surface area contributed by atoms with Gasteiger partial charge in [0.1, 0.15) is 12.1 Å². The van der Waals surface area contributed by atoms with Gasteiger partial charge in [0.15, 0.2) is 5.82 Å². The molecule has 3 rings (SSSR count). The highest BCUT2D eigenvalue weighted by atomic mass is 16.5. The topological polar surface area (TPSA) is 60.0 Å². The number of methoxy groups -OCH3 is 1. The van der Waals surface area contributed by atoms with Gasteiger partial charge < -0.3 is 14.5 Å². The standard InChI is InChI=1S/C15H15N3O2/c1-19-15-14-12(7-8-16-14)17-13(18-15)10-20-9-11-5-3-2-4-6-11/h2-8,16H,9-10H2,1H3. The summed E-state index contributed by atoms with van der Waals surface area (Å²) in [6.07, 6.45) is 1.82. The van der Waals surface area contributed by atoms with Crippen LogP contribution in [0.4, 0.5) is 0 Å². The number of rotatable bonds is 5. The van der Waals surface area contributed by atoms with Crippen molar-refractivity contribution in [3.63, 3.8) is 0 Å². The second-order valence-corrected chi connectivity index (χ2v) is 4.37. The molecule has 0 unspecified atom stereocenters. The average molecular weight is 269 g/mol. The first-order chi connectivity index (χ1) is 9.86. The van der Waals surface area contributed by atoms with Gasteiger partial charge in [0.05, 0.1) is 19.2 Å². The zero-order valence-corrected chi connectivity index (χ0v) is 11.2. The van der Waals surface area contributed by atoms with Crippen LogP contribution in [-0.4, -0.2) is 22.1 Å². The number of fused-ring (bicyclic) bond motifs is 1. The van der Waals surface area contributed by atoms with Crippen molar-refractivity contribution in [3.8, 4) is 5.88 Å². The Kier molecular flexibility index (Phi) is 3.60. The Balaban J connectivity index is 1.71. The number of aromatic nitrogens is 3. The van der Waals surface area contributed by atoms with E-state index in [0.29, 0.717) is 24.9 Å². The Hall–Kier alpha value is -2.40. The van der Waals surface area contributed by atoms with Gasteiger partial charge >= 0.3 is 0 Å². The van der Waals surface area contributed by atoms with E-state index in [-0.39, 0.29) is 0 Å². The maximum absolute atomic E-state index is 5.64. The molecule has 5 heteroatoms. The molecule has 2 heterocycles. The zero-order chi connectivity index (χ0) is 13.8. The summed E-state index contributed by atoms with van der Waals surface area (Å²) in [6, 6.07) is 11.9. The molecule has 0 radical (unpaired) electrons. The number of hydrogen-bond acceptors (Lipinski definition) is 4. The van der Waals surface area contributed by atoms with Gasteiger partial charge in [-0.3, -0.25) is 0 Å². The summed E-state index contributed by atoms with van der Waals surface area (Å²) in [4.78, 5) is 11.8. The summed E-state index contributed by atoms with van der Waals surface area (Å²) in [5, 5.41) is 0. The van der Waals surface area contributed by atoms with Crippen LogP contribution in [0.25, 0.3) is 11.0 Å². The molecule has 3 aromatic rings. The molecule has 0 bridgehead atoms. The molecular formula is C15H15N3O2. The third-order valence-corrected chi connectivity index (χ3v) is 2.96. The largest absolute Gasteiger partial charge is 0.479 e. The van der Waals surface area contributed by atoms with Crippen molar-refractivity contribution in [3.05, 3.63) is 54.0 Å². The molecule has 5 nitrogen and oxygen atoms in total. The highest BCUT2D eigenvalue weighted by Gasteiger charge is 2.09. The summed E-state index contributed by atoms with van der Waals surface area (Å²) >= 11 is 0. The molecule has 1 aromatic carbocycles. The van der Waals surface area contributed by atoms with Gasteiger partial charge in [-0.05, 0) is 11.6 Å². The highest BCUT2D eigenvalue weighted by molar-refractivity contribution is 5.79. The van der Waals surface area contributed by atoms with E-state index in [1.807, 2.05) is 42.6 Å². The van der Waals surface area contributed by atoms with Crippen LogP contribution >= 0.6 is 0 Å². The number of nitrogens with one attached hydrogen (secondary N) is 1. The third kappa shape index (κ3) is 2.62. The van der Waals surface area contributed by atoms with E-state index in [9.17, 15) is 0 Å². The van der Waals surface area contributed by atoms with Crippen LogP contribution in [0.3, 0.4) is 0 Å². The number of H-pyrrole nitrogens is 1. The monoisotopic (exact) mass is 269 g/mol. The van der Waals surface area contributed by atoms with Crippen molar-refractivity contribution in [2.45, 2.75) is 13.2 Å². The Bertz CT molecular complexity index is 695. The normalized spacial score (nSPS) is 10.8. The molecule has 20 heavy (non-hydrogen) atoms. The van der Waals surface area contributed by atoms with Gasteiger partial charge in [0.2, 0.25) is 5.88 Å². The number of aromatic amines is 1. The van der Waals surface area contributed by atoms with Crippen LogP contribution in [0.1, 0.15) is 11.4 Å². The minimum atomic E-state index is 0.354. The lowest BCUT2D eigenvalue weighted by atomic mass is 10.2. The lowest BCUT2D eigenvalue weighted by Crippen LogP contribution is -2.02. The predicted octanol–water partition coefficient (Wildman–Crippen LogP) is 2.68. The second kappa shape index (κ2) is 5.71. The Morgan fingerprint density at radius 3 is 2.70 bits per heavy atom. The minimum absolute atomic E-state index is 0.354. The van der Waals surface area contributed by atoms with Gasteiger partial charge in [-0.15, -0.1) is 0 Å². The van der Waals surface area contributed by atoms with Crippen molar-refractivity contribution < 1.29 is 9.47 Å².